The number of carbonyl (C=O) groups is 2. The fourth-order valence-corrected chi connectivity index (χ4v) is 2.19. The number of ether oxygens (including phenoxy) is 1. The van der Waals surface area contributed by atoms with Crippen LogP contribution in [0, 0.1) is 0 Å². The first kappa shape index (κ1) is 20.5. The lowest BCUT2D eigenvalue weighted by molar-refractivity contribution is -0.148. The molecule has 0 aliphatic heterocycles. The quantitative estimate of drug-likeness (QED) is 0.574. The summed E-state index contributed by atoms with van der Waals surface area (Å²) in [7, 11) is 0. The summed E-state index contributed by atoms with van der Waals surface area (Å²) in [6.07, 6.45) is -3.19. The second-order valence-electron chi connectivity index (χ2n) is 5.50. The first-order chi connectivity index (χ1) is 12.7. The molecule has 0 bridgehead atoms. The fourth-order valence-electron chi connectivity index (χ4n) is 2.01. The van der Waals surface area contributed by atoms with E-state index in [4.69, 9.17) is 16.3 Å². The highest BCUT2D eigenvalue weighted by atomic mass is 35.5. The monoisotopic (exact) mass is 397 g/mol. The number of hydrogen-bond acceptors (Lipinski definition) is 3. The number of amides is 1. The molecule has 2 aromatic carbocycles. The summed E-state index contributed by atoms with van der Waals surface area (Å²) in [6, 6.07) is 10.8. The largest absolute Gasteiger partial charge is 0.449 e. The Morgan fingerprint density at radius 1 is 1.11 bits per heavy atom. The van der Waals surface area contributed by atoms with Crippen LogP contribution in [0.1, 0.15) is 18.1 Å². The molecule has 0 saturated carbocycles. The van der Waals surface area contributed by atoms with Crippen molar-refractivity contribution in [3.63, 3.8) is 0 Å². The van der Waals surface area contributed by atoms with Gasteiger partial charge in [-0.1, -0.05) is 35.9 Å². The minimum absolute atomic E-state index is 0.339. The lowest BCUT2D eigenvalue weighted by Gasteiger charge is -2.13. The Morgan fingerprint density at radius 2 is 1.74 bits per heavy atom. The van der Waals surface area contributed by atoms with Gasteiger partial charge in [0.2, 0.25) is 0 Å². The van der Waals surface area contributed by atoms with Crippen molar-refractivity contribution in [2.75, 3.05) is 5.32 Å². The Labute approximate surface area is 158 Å². The molecule has 142 valence electrons. The molecule has 0 heterocycles. The predicted molar refractivity (Wildman–Crippen MR) is 96.1 cm³/mol. The van der Waals surface area contributed by atoms with Crippen LogP contribution < -0.4 is 5.32 Å². The van der Waals surface area contributed by atoms with E-state index in [1.165, 1.54) is 25.1 Å². The summed E-state index contributed by atoms with van der Waals surface area (Å²) >= 11 is 5.93. The number of rotatable bonds is 5. The summed E-state index contributed by atoms with van der Waals surface area (Å²) in [4.78, 5) is 23.8. The summed E-state index contributed by atoms with van der Waals surface area (Å²) in [5.74, 6) is -1.38. The summed E-state index contributed by atoms with van der Waals surface area (Å²) in [6.45, 7) is 1.38. The highest BCUT2D eigenvalue weighted by Crippen LogP contribution is 2.29. The molecule has 0 aliphatic carbocycles. The molecule has 0 radical (unpaired) electrons. The van der Waals surface area contributed by atoms with Crippen molar-refractivity contribution in [1.29, 1.82) is 0 Å². The number of para-hydroxylation sites is 1. The van der Waals surface area contributed by atoms with E-state index in [2.05, 4.69) is 5.32 Å². The van der Waals surface area contributed by atoms with Gasteiger partial charge in [0.1, 0.15) is 0 Å². The van der Waals surface area contributed by atoms with E-state index in [0.29, 0.717) is 16.3 Å². The number of anilines is 1. The van der Waals surface area contributed by atoms with Crippen LogP contribution in [-0.2, 0) is 20.5 Å². The number of esters is 1. The van der Waals surface area contributed by atoms with E-state index >= 15 is 0 Å². The van der Waals surface area contributed by atoms with Gasteiger partial charge in [-0.25, -0.2) is 4.79 Å². The average Bonchev–Trinajstić information content (AvgIpc) is 2.61. The van der Waals surface area contributed by atoms with E-state index in [-0.39, 0.29) is 0 Å². The number of halogens is 4. The van der Waals surface area contributed by atoms with Crippen LogP contribution in [0.2, 0.25) is 5.02 Å². The number of carbonyl (C=O) groups excluding carboxylic acids is 2. The molecule has 2 aromatic rings. The molecule has 2 rings (SSSR count). The van der Waals surface area contributed by atoms with Crippen molar-refractivity contribution in [1.82, 2.24) is 0 Å². The Morgan fingerprint density at radius 3 is 2.33 bits per heavy atom. The van der Waals surface area contributed by atoms with Crippen LogP contribution in [0.25, 0.3) is 6.08 Å². The number of hydrogen-bond donors (Lipinski definition) is 1. The maximum absolute atomic E-state index is 12.5. The van der Waals surface area contributed by atoms with Gasteiger partial charge in [-0.2, -0.15) is 13.2 Å². The smallest absolute Gasteiger partial charge is 0.416 e. The number of benzene rings is 2. The Balaban J connectivity index is 1.91. The molecule has 8 heteroatoms. The van der Waals surface area contributed by atoms with Gasteiger partial charge in [0.25, 0.3) is 5.91 Å². The van der Waals surface area contributed by atoms with Crippen LogP contribution >= 0.6 is 11.6 Å². The van der Waals surface area contributed by atoms with Crippen LogP contribution in [0.4, 0.5) is 18.9 Å². The number of nitrogens with one attached hydrogen (secondary N) is 1. The van der Waals surface area contributed by atoms with E-state index in [1.54, 1.807) is 24.3 Å². The van der Waals surface area contributed by atoms with E-state index < -0.39 is 29.7 Å². The van der Waals surface area contributed by atoms with Crippen molar-refractivity contribution < 1.29 is 27.5 Å². The van der Waals surface area contributed by atoms with Crippen LogP contribution in [0.5, 0.6) is 0 Å². The van der Waals surface area contributed by atoms with Gasteiger partial charge in [-0.15, -0.1) is 0 Å². The van der Waals surface area contributed by atoms with Gasteiger partial charge in [0.05, 0.1) is 16.3 Å². The SMILES string of the molecule is C[C@@H](OC(=O)/C=C/c1ccc(C(F)(F)F)cc1)C(=O)Nc1ccccc1Cl. The van der Waals surface area contributed by atoms with Crippen molar-refractivity contribution in [2.24, 2.45) is 0 Å². The average molecular weight is 398 g/mol. The second kappa shape index (κ2) is 8.73. The third-order valence-electron chi connectivity index (χ3n) is 3.44. The van der Waals surface area contributed by atoms with Crippen molar-refractivity contribution in [2.45, 2.75) is 19.2 Å². The van der Waals surface area contributed by atoms with Crippen molar-refractivity contribution in [3.8, 4) is 0 Å². The van der Waals surface area contributed by atoms with Gasteiger partial charge < -0.3 is 10.1 Å². The molecule has 1 N–H and O–H groups in total. The highest BCUT2D eigenvalue weighted by Gasteiger charge is 2.29. The lowest BCUT2D eigenvalue weighted by Crippen LogP contribution is -2.29. The zero-order valence-corrected chi connectivity index (χ0v) is 14.8. The minimum Gasteiger partial charge on any atom is -0.449 e. The van der Waals surface area contributed by atoms with E-state index in [1.807, 2.05) is 0 Å². The molecule has 0 unspecified atom stereocenters. The molecule has 0 fully saturated rings. The predicted octanol–water partition coefficient (Wildman–Crippen LogP) is 4.94. The van der Waals surface area contributed by atoms with Crippen LogP contribution in [0.3, 0.4) is 0 Å². The van der Waals surface area contributed by atoms with Gasteiger partial charge in [0, 0.05) is 6.08 Å². The lowest BCUT2D eigenvalue weighted by atomic mass is 10.1. The third-order valence-corrected chi connectivity index (χ3v) is 3.77. The van der Waals surface area contributed by atoms with Crippen molar-refractivity contribution >= 4 is 35.2 Å². The van der Waals surface area contributed by atoms with Crippen LogP contribution in [0.15, 0.2) is 54.6 Å². The van der Waals surface area contributed by atoms with E-state index in [9.17, 15) is 22.8 Å². The van der Waals surface area contributed by atoms with Gasteiger partial charge in [0.15, 0.2) is 6.10 Å². The molecular formula is C19H15ClF3NO3. The number of alkyl halides is 3. The summed E-state index contributed by atoms with van der Waals surface area (Å²) in [5.41, 5.74) is -0.0208. The van der Waals surface area contributed by atoms with Gasteiger partial charge >= 0.3 is 12.1 Å². The van der Waals surface area contributed by atoms with Gasteiger partial charge in [-0.05, 0) is 42.8 Å². The third kappa shape index (κ3) is 6.14. The van der Waals surface area contributed by atoms with Gasteiger partial charge in [-0.3, -0.25) is 4.79 Å². The zero-order valence-electron chi connectivity index (χ0n) is 14.1. The Hall–Kier alpha value is -2.80. The summed E-state index contributed by atoms with van der Waals surface area (Å²) < 4.78 is 42.5. The van der Waals surface area contributed by atoms with Crippen molar-refractivity contribution in [3.05, 3.63) is 70.8 Å². The Bertz CT molecular complexity index is 848. The zero-order chi connectivity index (χ0) is 20.0. The minimum atomic E-state index is -4.42. The molecule has 0 aromatic heterocycles. The highest BCUT2D eigenvalue weighted by molar-refractivity contribution is 6.33. The van der Waals surface area contributed by atoms with E-state index in [0.717, 1.165) is 18.2 Å². The topological polar surface area (TPSA) is 55.4 Å². The molecule has 1 atom stereocenters. The molecule has 0 aliphatic rings. The first-order valence-corrected chi connectivity index (χ1v) is 8.16. The maximum atomic E-state index is 12.5. The molecule has 27 heavy (non-hydrogen) atoms. The first-order valence-electron chi connectivity index (χ1n) is 7.78. The molecule has 0 spiro atoms. The standard InChI is InChI=1S/C19H15ClF3NO3/c1-12(18(26)24-16-5-3-2-4-15(16)20)27-17(25)11-8-13-6-9-14(10-7-13)19(21,22)23/h2-12H,1H3,(H,24,26)/b11-8+/t12-/m1/s1. The fraction of sp³-hybridized carbons (Fsp3) is 0.158. The summed E-state index contributed by atoms with van der Waals surface area (Å²) in [5, 5.41) is 2.87. The second-order valence-corrected chi connectivity index (χ2v) is 5.91. The normalized spacial score (nSPS) is 12.6. The Kier molecular flexibility index (Phi) is 6.63. The molecule has 4 nitrogen and oxygen atoms in total. The molecule has 1 amide bonds. The molecular weight excluding hydrogens is 383 g/mol. The maximum Gasteiger partial charge on any atom is 0.416 e. The molecule has 0 saturated heterocycles. The van der Waals surface area contributed by atoms with Crippen LogP contribution in [-0.4, -0.2) is 18.0 Å².